The number of nitrogens with zero attached hydrogens (tertiary/aromatic N) is 6. The zero-order chi connectivity index (χ0) is 28.8. The van der Waals surface area contributed by atoms with Crippen LogP contribution >= 0.6 is 10.2 Å². The lowest BCUT2D eigenvalue weighted by molar-refractivity contribution is 0.0556. The lowest BCUT2D eigenvalue weighted by Crippen LogP contribution is -2.59. The molecule has 0 saturated carbocycles. The van der Waals surface area contributed by atoms with Gasteiger partial charge in [-0.1, -0.05) is 45.4 Å². The number of rotatable bonds is 7. The summed E-state index contributed by atoms with van der Waals surface area (Å²) in [5.41, 5.74) is 0.849. The van der Waals surface area contributed by atoms with Crippen molar-refractivity contribution in [2.75, 3.05) is 24.6 Å². The average molecular weight is 573 g/mol. The van der Waals surface area contributed by atoms with Crippen LogP contribution in [0.15, 0.2) is 46.1 Å². The van der Waals surface area contributed by atoms with Crippen LogP contribution < -0.4 is 10.6 Å². The van der Waals surface area contributed by atoms with Crippen molar-refractivity contribution in [2.45, 2.75) is 49.7 Å². The van der Waals surface area contributed by atoms with Crippen LogP contribution in [0.2, 0.25) is 0 Å². The van der Waals surface area contributed by atoms with Gasteiger partial charge < -0.3 is 10.0 Å². The first-order valence-corrected chi connectivity index (χ1v) is 14.3. The summed E-state index contributed by atoms with van der Waals surface area (Å²) in [5.74, 6) is 0.330. The van der Waals surface area contributed by atoms with E-state index in [2.05, 4.69) is 9.97 Å². The highest BCUT2D eigenvalue weighted by atomic mass is 32.5. The molecule has 8 nitrogen and oxygen atoms in total. The Morgan fingerprint density at radius 2 is 1.67 bits per heavy atom. The van der Waals surface area contributed by atoms with Gasteiger partial charge in [0.2, 0.25) is 0 Å². The van der Waals surface area contributed by atoms with Crippen LogP contribution in [0.1, 0.15) is 44.0 Å². The van der Waals surface area contributed by atoms with Crippen LogP contribution in [0.4, 0.5) is 25.2 Å². The fraction of sp³-hybridized carbons (Fsp3) is 0.440. The summed E-state index contributed by atoms with van der Waals surface area (Å²) in [4.78, 5) is 23.3. The van der Waals surface area contributed by atoms with Crippen LogP contribution in [0.3, 0.4) is 0 Å². The van der Waals surface area contributed by atoms with Gasteiger partial charge in [0, 0.05) is 32.2 Å². The standard InChI is InChI=1S/C25H29F5N6O2S/c1-4-18-14-36(24-23-21(34(3)25(38)33-24)11-8-17(12-31)32-23)19(5-2)13-35(18)22(15-37)16-6-9-20(10-7-16)39(26,27,28,29)30/h6-11,18-19,22,37H,4-5,13-15H2,1-3H3/t18-,19+,22?/m1/s1. The molecule has 14 heteroatoms. The minimum absolute atomic E-state index is 0.165. The second-order valence-corrected chi connectivity index (χ2v) is 12.1. The number of aliphatic hydroxyl groups is 1. The summed E-state index contributed by atoms with van der Waals surface area (Å²) in [6.07, 6.45) is 1.16. The van der Waals surface area contributed by atoms with Crippen molar-refractivity contribution in [1.29, 1.82) is 5.26 Å². The molecule has 39 heavy (non-hydrogen) atoms. The highest BCUT2D eigenvalue weighted by Crippen LogP contribution is 3.02. The molecule has 3 atom stereocenters. The third-order valence-electron chi connectivity index (χ3n) is 7.29. The minimum Gasteiger partial charge on any atom is -0.394 e. The van der Waals surface area contributed by atoms with E-state index in [9.17, 15) is 34.6 Å². The van der Waals surface area contributed by atoms with Gasteiger partial charge in [0.15, 0.2) is 5.82 Å². The van der Waals surface area contributed by atoms with E-state index < -0.39 is 33.5 Å². The molecule has 3 heterocycles. The number of benzene rings is 1. The number of anilines is 1. The van der Waals surface area contributed by atoms with Crippen LogP contribution in [-0.2, 0) is 7.05 Å². The van der Waals surface area contributed by atoms with Crippen molar-refractivity contribution < 1.29 is 24.5 Å². The number of halogens is 5. The van der Waals surface area contributed by atoms with Crippen molar-refractivity contribution in [1.82, 2.24) is 19.4 Å². The maximum atomic E-state index is 13.2. The summed E-state index contributed by atoms with van der Waals surface area (Å²) in [6, 6.07) is 6.64. The van der Waals surface area contributed by atoms with E-state index in [1.807, 2.05) is 29.7 Å². The summed E-state index contributed by atoms with van der Waals surface area (Å²) >= 11 is 0. The van der Waals surface area contributed by atoms with Gasteiger partial charge in [-0.3, -0.25) is 9.47 Å². The van der Waals surface area contributed by atoms with Gasteiger partial charge >= 0.3 is 15.9 Å². The molecule has 1 aliphatic rings. The van der Waals surface area contributed by atoms with E-state index in [1.54, 1.807) is 13.1 Å². The van der Waals surface area contributed by atoms with E-state index in [1.165, 1.54) is 10.6 Å². The van der Waals surface area contributed by atoms with Crippen LogP contribution in [0.5, 0.6) is 0 Å². The highest BCUT2D eigenvalue weighted by Gasteiger charge is 2.65. The monoisotopic (exact) mass is 572 g/mol. The van der Waals surface area contributed by atoms with Gasteiger partial charge in [-0.15, -0.1) is 0 Å². The Morgan fingerprint density at radius 3 is 2.21 bits per heavy atom. The van der Waals surface area contributed by atoms with E-state index in [4.69, 9.17) is 0 Å². The number of hydrogen-bond acceptors (Lipinski definition) is 7. The summed E-state index contributed by atoms with van der Waals surface area (Å²) in [5, 5.41) is 19.6. The maximum Gasteiger partial charge on any atom is 0.349 e. The number of hydrogen-bond donors (Lipinski definition) is 1. The number of aryl methyl sites for hydroxylation is 1. The zero-order valence-corrected chi connectivity index (χ0v) is 22.4. The molecule has 3 aromatic rings. The first-order valence-electron chi connectivity index (χ1n) is 12.4. The van der Waals surface area contributed by atoms with Crippen molar-refractivity contribution >= 4 is 27.1 Å². The molecule has 212 valence electrons. The molecule has 0 bridgehead atoms. The van der Waals surface area contributed by atoms with Crippen LogP contribution in [-0.4, -0.2) is 56.3 Å². The summed E-state index contributed by atoms with van der Waals surface area (Å²) < 4.78 is 67.5. The Balaban J connectivity index is 1.73. The Bertz CT molecular complexity index is 1490. The number of fused-ring (bicyclic) bond motifs is 1. The van der Waals surface area contributed by atoms with Crippen LogP contribution in [0.25, 0.3) is 11.0 Å². The average Bonchev–Trinajstić information content (AvgIpc) is 2.89. The molecule has 0 spiro atoms. The van der Waals surface area contributed by atoms with E-state index in [0.29, 0.717) is 54.9 Å². The smallest absolute Gasteiger partial charge is 0.349 e. The highest BCUT2D eigenvalue weighted by molar-refractivity contribution is 8.45. The van der Waals surface area contributed by atoms with E-state index in [-0.39, 0.29) is 23.3 Å². The van der Waals surface area contributed by atoms with Gasteiger partial charge in [-0.2, -0.15) is 10.2 Å². The Kier molecular flexibility index (Phi) is 6.94. The Morgan fingerprint density at radius 1 is 1.03 bits per heavy atom. The molecule has 1 fully saturated rings. The number of aliphatic hydroxyl groups excluding tert-OH is 1. The molecule has 0 aliphatic carbocycles. The number of aromatic nitrogens is 3. The predicted molar refractivity (Wildman–Crippen MR) is 139 cm³/mol. The SMILES string of the molecule is CC[C@H]1CN(C(CO)c2ccc(S(F)(F)(F)(F)F)cc2)[C@H](CC)CN1c1nc(=O)n(C)c2ccc(C#N)nc12. The molecule has 1 aliphatic heterocycles. The summed E-state index contributed by atoms with van der Waals surface area (Å²) in [7, 11) is -8.26. The normalized spacial score (nSPS) is 21.3. The van der Waals surface area contributed by atoms with Crippen molar-refractivity contribution in [2.24, 2.45) is 7.05 Å². The molecule has 0 radical (unpaired) electrons. The van der Waals surface area contributed by atoms with Crippen molar-refractivity contribution in [3.63, 3.8) is 0 Å². The van der Waals surface area contributed by atoms with Gasteiger partial charge in [0.25, 0.3) is 0 Å². The predicted octanol–water partition coefficient (Wildman–Crippen LogP) is 5.27. The fourth-order valence-corrected chi connectivity index (χ4v) is 5.80. The minimum atomic E-state index is -9.82. The number of nitriles is 1. The first kappa shape index (κ1) is 28.7. The molecule has 1 unspecified atom stereocenters. The van der Waals surface area contributed by atoms with Crippen molar-refractivity contribution in [3.05, 3.63) is 58.1 Å². The molecular formula is C25H29F5N6O2S. The second-order valence-electron chi connectivity index (χ2n) is 9.66. The quantitative estimate of drug-likeness (QED) is 0.385. The molecule has 1 saturated heterocycles. The third kappa shape index (κ3) is 5.57. The van der Waals surface area contributed by atoms with Gasteiger partial charge in [-0.25, -0.2) is 9.78 Å². The summed E-state index contributed by atoms with van der Waals surface area (Å²) in [6.45, 7) is 4.09. The molecule has 0 amide bonds. The lowest BCUT2D eigenvalue weighted by atomic mass is 9.96. The van der Waals surface area contributed by atoms with E-state index in [0.717, 1.165) is 12.1 Å². The van der Waals surface area contributed by atoms with E-state index >= 15 is 0 Å². The zero-order valence-electron chi connectivity index (χ0n) is 21.6. The topological polar surface area (TPSA) is 98.3 Å². The van der Waals surface area contributed by atoms with Gasteiger partial charge in [0.1, 0.15) is 22.2 Å². The molecule has 4 rings (SSSR count). The number of pyridine rings is 1. The van der Waals surface area contributed by atoms with Crippen LogP contribution in [0, 0.1) is 11.3 Å². The first-order chi connectivity index (χ1) is 18.1. The fourth-order valence-electron chi connectivity index (χ4n) is 5.15. The van der Waals surface area contributed by atoms with Gasteiger partial charge in [0.05, 0.1) is 18.2 Å². The van der Waals surface area contributed by atoms with Gasteiger partial charge in [-0.05, 0) is 42.7 Å². The molecule has 1 N–H and O–H groups in total. The third-order valence-corrected chi connectivity index (χ3v) is 8.45. The molecule has 2 aromatic heterocycles. The Labute approximate surface area is 222 Å². The second kappa shape index (κ2) is 9.42. The number of piperazine rings is 1. The largest absolute Gasteiger partial charge is 0.394 e. The Hall–Kier alpha value is -3.28. The molecule has 1 aromatic carbocycles. The van der Waals surface area contributed by atoms with Crippen molar-refractivity contribution in [3.8, 4) is 6.07 Å². The maximum absolute atomic E-state index is 13.2. The molecular weight excluding hydrogens is 543 g/mol. The lowest BCUT2D eigenvalue weighted by Gasteiger charge is -2.49.